The zero-order valence-electron chi connectivity index (χ0n) is 5.83. The Morgan fingerprint density at radius 2 is 2.36 bits per heavy atom. The molecule has 1 heterocycles. The Morgan fingerprint density at radius 1 is 1.73 bits per heavy atom. The highest BCUT2D eigenvalue weighted by Gasteiger charge is 2.12. The molecule has 1 aromatic heterocycles. The van der Waals surface area contributed by atoms with Gasteiger partial charge in [0, 0.05) is 5.69 Å². The molecule has 1 aromatic rings. The lowest BCUT2D eigenvalue weighted by Gasteiger charge is -1.91. The van der Waals surface area contributed by atoms with Crippen LogP contribution in [0, 0.1) is 6.92 Å². The number of rotatable bonds is 2. The molecule has 6 heteroatoms. The number of nitrogens with one attached hydrogen (secondary N) is 1. The van der Waals surface area contributed by atoms with Gasteiger partial charge in [-0.15, -0.1) is 3.89 Å². The lowest BCUT2D eigenvalue weighted by molar-refractivity contribution is 0.550. The van der Waals surface area contributed by atoms with Crippen LogP contribution in [0.3, 0.4) is 0 Å². The summed E-state index contributed by atoms with van der Waals surface area (Å²) in [6, 6.07) is 0. The fourth-order valence-electron chi connectivity index (χ4n) is 0.696. The first-order chi connectivity index (χ1) is 4.99. The molecule has 1 N–H and O–H groups in total. The third-order valence-corrected chi connectivity index (χ3v) is 1.86. The van der Waals surface area contributed by atoms with E-state index in [0.717, 1.165) is 0 Å². The number of hydrogen-bond donors (Lipinski definition) is 1. The van der Waals surface area contributed by atoms with Crippen LogP contribution in [0.2, 0.25) is 0 Å². The fourth-order valence-corrected chi connectivity index (χ4v) is 1.31. The van der Waals surface area contributed by atoms with Crippen molar-refractivity contribution < 1.29 is 12.3 Å². The van der Waals surface area contributed by atoms with Crippen LogP contribution >= 0.6 is 0 Å². The molecule has 0 unspecified atom stereocenters. The smallest absolute Gasteiger partial charge is 0.308 e. The highest BCUT2D eigenvalue weighted by Crippen LogP contribution is 2.06. The Balaban J connectivity index is 2.89. The van der Waals surface area contributed by atoms with Gasteiger partial charge in [-0.2, -0.15) is 8.42 Å². The summed E-state index contributed by atoms with van der Waals surface area (Å²) in [6.07, 6.45) is 1.33. The standard InChI is InChI=1S/C5H7FN2O2S/c1-4-5(8-3-7-4)2-11(6,9)10/h3H,2H2,1H3,(H,7,8). The van der Waals surface area contributed by atoms with Crippen LogP contribution in [-0.4, -0.2) is 18.4 Å². The Morgan fingerprint density at radius 3 is 2.73 bits per heavy atom. The SMILES string of the molecule is Cc1[nH]cnc1CS(=O)(=O)F. The predicted molar refractivity (Wildman–Crippen MR) is 37.1 cm³/mol. The monoisotopic (exact) mass is 178 g/mol. The number of imidazole rings is 1. The van der Waals surface area contributed by atoms with Crippen LogP contribution in [0.4, 0.5) is 3.89 Å². The first kappa shape index (κ1) is 8.19. The second-order valence-electron chi connectivity index (χ2n) is 2.16. The van der Waals surface area contributed by atoms with Crippen LogP contribution in [0.5, 0.6) is 0 Å². The van der Waals surface area contributed by atoms with Crippen LogP contribution < -0.4 is 0 Å². The van der Waals surface area contributed by atoms with Gasteiger partial charge in [-0.25, -0.2) is 4.98 Å². The molecule has 11 heavy (non-hydrogen) atoms. The van der Waals surface area contributed by atoms with Gasteiger partial charge in [0.25, 0.3) is 0 Å². The highest BCUT2D eigenvalue weighted by molar-refractivity contribution is 7.85. The molecule has 0 aliphatic carbocycles. The summed E-state index contributed by atoms with van der Waals surface area (Å²) in [5, 5.41) is 0. The molecule has 0 atom stereocenters. The zero-order chi connectivity index (χ0) is 8.48. The van der Waals surface area contributed by atoms with Gasteiger partial charge in [-0.05, 0) is 6.92 Å². The van der Waals surface area contributed by atoms with E-state index < -0.39 is 16.0 Å². The van der Waals surface area contributed by atoms with E-state index in [4.69, 9.17) is 0 Å². The van der Waals surface area contributed by atoms with Gasteiger partial charge >= 0.3 is 10.2 Å². The van der Waals surface area contributed by atoms with Crippen molar-refractivity contribution in [2.75, 3.05) is 0 Å². The zero-order valence-corrected chi connectivity index (χ0v) is 6.65. The van der Waals surface area contributed by atoms with Crippen molar-refractivity contribution in [3.05, 3.63) is 17.7 Å². The van der Waals surface area contributed by atoms with Crippen LogP contribution in [-0.2, 0) is 16.0 Å². The van der Waals surface area contributed by atoms with Gasteiger partial charge < -0.3 is 4.98 Å². The number of aromatic amines is 1. The Labute approximate surface area is 63.7 Å². The van der Waals surface area contributed by atoms with E-state index in [2.05, 4.69) is 9.97 Å². The van der Waals surface area contributed by atoms with Crippen LogP contribution in [0.15, 0.2) is 6.33 Å². The van der Waals surface area contributed by atoms with Crippen molar-refractivity contribution in [3.63, 3.8) is 0 Å². The second-order valence-corrected chi connectivity index (χ2v) is 3.52. The molecule has 0 amide bonds. The van der Waals surface area contributed by atoms with E-state index in [0.29, 0.717) is 5.69 Å². The summed E-state index contributed by atoms with van der Waals surface area (Å²) in [4.78, 5) is 6.28. The largest absolute Gasteiger partial charge is 0.348 e. The van der Waals surface area contributed by atoms with E-state index in [1.54, 1.807) is 6.92 Å². The Bertz CT molecular complexity index is 343. The molecular weight excluding hydrogens is 171 g/mol. The van der Waals surface area contributed by atoms with Crippen molar-refractivity contribution in [3.8, 4) is 0 Å². The number of nitrogens with zero attached hydrogens (tertiary/aromatic N) is 1. The van der Waals surface area contributed by atoms with E-state index >= 15 is 0 Å². The quantitative estimate of drug-likeness (QED) is 0.671. The summed E-state index contributed by atoms with van der Waals surface area (Å²) in [6.45, 7) is 1.63. The van der Waals surface area contributed by atoms with Crippen molar-refractivity contribution in [2.24, 2.45) is 0 Å². The molecule has 0 saturated carbocycles. The summed E-state index contributed by atoms with van der Waals surface area (Å²) in [5.74, 6) is -0.650. The van der Waals surface area contributed by atoms with Crippen molar-refractivity contribution in [2.45, 2.75) is 12.7 Å². The predicted octanol–water partition coefficient (Wildman–Crippen LogP) is 0.517. The summed E-state index contributed by atoms with van der Waals surface area (Å²) < 4.78 is 32.3. The lowest BCUT2D eigenvalue weighted by atomic mass is 10.4. The first-order valence-corrected chi connectivity index (χ1v) is 4.45. The molecule has 62 valence electrons. The normalized spacial score (nSPS) is 11.8. The van der Waals surface area contributed by atoms with E-state index in [1.165, 1.54) is 6.33 Å². The minimum Gasteiger partial charge on any atom is -0.348 e. The van der Waals surface area contributed by atoms with Gasteiger partial charge in [0.05, 0.1) is 12.0 Å². The maximum Gasteiger partial charge on any atom is 0.308 e. The number of aromatic nitrogens is 2. The fraction of sp³-hybridized carbons (Fsp3) is 0.400. The van der Waals surface area contributed by atoms with Gasteiger partial charge in [-0.3, -0.25) is 0 Å². The molecular formula is C5H7FN2O2S. The van der Waals surface area contributed by atoms with E-state index in [9.17, 15) is 12.3 Å². The summed E-state index contributed by atoms with van der Waals surface area (Å²) >= 11 is 0. The highest BCUT2D eigenvalue weighted by atomic mass is 32.3. The average Bonchev–Trinajstić information content (AvgIpc) is 2.12. The molecule has 0 bridgehead atoms. The molecule has 0 radical (unpaired) electrons. The number of H-pyrrole nitrogens is 1. The number of hydrogen-bond acceptors (Lipinski definition) is 3. The van der Waals surface area contributed by atoms with Crippen LogP contribution in [0.1, 0.15) is 11.4 Å². The minimum absolute atomic E-state index is 0.229. The van der Waals surface area contributed by atoms with Gasteiger partial charge in [-0.1, -0.05) is 0 Å². The Hall–Kier alpha value is -0.910. The molecule has 4 nitrogen and oxygen atoms in total. The van der Waals surface area contributed by atoms with Gasteiger partial charge in [0.2, 0.25) is 0 Å². The van der Waals surface area contributed by atoms with Crippen molar-refractivity contribution in [1.29, 1.82) is 0 Å². The van der Waals surface area contributed by atoms with Crippen molar-refractivity contribution >= 4 is 10.2 Å². The summed E-state index contributed by atoms with van der Waals surface area (Å²) in [7, 11) is -4.45. The number of halogens is 1. The molecule has 0 spiro atoms. The molecule has 0 fully saturated rings. The molecule has 0 saturated heterocycles. The lowest BCUT2D eigenvalue weighted by Crippen LogP contribution is -1.98. The molecule has 0 aliphatic rings. The van der Waals surface area contributed by atoms with Crippen LogP contribution in [0.25, 0.3) is 0 Å². The Kier molecular flexibility index (Phi) is 1.95. The first-order valence-electron chi connectivity index (χ1n) is 2.90. The summed E-state index contributed by atoms with van der Waals surface area (Å²) in [5.41, 5.74) is 0.804. The topological polar surface area (TPSA) is 62.8 Å². The maximum atomic E-state index is 12.1. The number of aryl methyl sites for hydroxylation is 1. The second kappa shape index (κ2) is 2.61. The van der Waals surface area contributed by atoms with Crippen molar-refractivity contribution in [1.82, 2.24) is 9.97 Å². The average molecular weight is 178 g/mol. The third kappa shape index (κ3) is 2.30. The minimum atomic E-state index is -4.45. The van der Waals surface area contributed by atoms with Gasteiger partial charge in [0.15, 0.2) is 0 Å². The third-order valence-electron chi connectivity index (χ3n) is 1.24. The van der Waals surface area contributed by atoms with E-state index in [1.807, 2.05) is 0 Å². The van der Waals surface area contributed by atoms with E-state index in [-0.39, 0.29) is 5.69 Å². The van der Waals surface area contributed by atoms with Gasteiger partial charge in [0.1, 0.15) is 5.75 Å². The molecule has 0 aliphatic heterocycles. The molecule has 1 rings (SSSR count). The molecule has 0 aromatic carbocycles. The maximum absolute atomic E-state index is 12.1.